The van der Waals surface area contributed by atoms with Gasteiger partial charge in [-0.2, -0.15) is 10.5 Å². The summed E-state index contributed by atoms with van der Waals surface area (Å²) in [5.74, 6) is -0.327. The largest absolute Gasteiger partial charge is 0.573 e. The summed E-state index contributed by atoms with van der Waals surface area (Å²) >= 11 is 0. The second-order valence-electron chi connectivity index (χ2n) is 6.41. The molecule has 0 aliphatic heterocycles. The van der Waals surface area contributed by atoms with Crippen LogP contribution in [-0.4, -0.2) is 6.36 Å². The maximum absolute atomic E-state index is 12.1. The summed E-state index contributed by atoms with van der Waals surface area (Å²) in [7, 11) is 0. The third kappa shape index (κ3) is 5.65. The average molecular weight is 310 g/mol. The van der Waals surface area contributed by atoms with Gasteiger partial charge in [0.1, 0.15) is 11.2 Å². The van der Waals surface area contributed by atoms with Crippen molar-refractivity contribution in [3.63, 3.8) is 0 Å². The molecule has 0 saturated carbocycles. The highest BCUT2D eigenvalue weighted by Crippen LogP contribution is 2.36. The molecule has 3 nitrogen and oxygen atoms in total. The molecule has 0 spiro atoms. The first-order chi connectivity index (χ1) is 9.99. The van der Waals surface area contributed by atoms with Crippen LogP contribution in [0.1, 0.15) is 32.8 Å². The first kappa shape index (κ1) is 17.8. The van der Waals surface area contributed by atoms with Crippen molar-refractivity contribution < 1.29 is 17.9 Å². The highest BCUT2D eigenvalue weighted by molar-refractivity contribution is 5.31. The Labute approximate surface area is 127 Å². The Bertz CT molecular complexity index is 572. The van der Waals surface area contributed by atoms with Gasteiger partial charge >= 0.3 is 6.36 Å². The zero-order valence-corrected chi connectivity index (χ0v) is 12.7. The van der Waals surface area contributed by atoms with E-state index < -0.39 is 11.8 Å². The minimum absolute atomic E-state index is 0.156. The smallest absolute Gasteiger partial charge is 0.406 e. The number of halogens is 3. The van der Waals surface area contributed by atoms with Crippen LogP contribution in [0.25, 0.3) is 0 Å². The van der Waals surface area contributed by atoms with Crippen LogP contribution >= 0.6 is 0 Å². The zero-order valence-electron chi connectivity index (χ0n) is 12.7. The normalized spacial score (nSPS) is 12.4. The maximum Gasteiger partial charge on any atom is 0.573 e. The van der Waals surface area contributed by atoms with Gasteiger partial charge < -0.3 is 4.74 Å². The van der Waals surface area contributed by atoms with Crippen LogP contribution in [0.2, 0.25) is 0 Å². The SMILES string of the molecule is CC(C)(C)CC(C#N)(C#N)Cc1ccc(OC(F)(F)F)cc1. The van der Waals surface area contributed by atoms with Crippen molar-refractivity contribution in [2.45, 2.75) is 40.0 Å². The molecule has 0 bridgehead atoms. The van der Waals surface area contributed by atoms with Crippen molar-refractivity contribution in [3.8, 4) is 17.9 Å². The summed E-state index contributed by atoms with van der Waals surface area (Å²) in [6.07, 6.45) is -4.21. The lowest BCUT2D eigenvalue weighted by atomic mass is 9.72. The van der Waals surface area contributed by atoms with Crippen molar-refractivity contribution in [2.75, 3.05) is 0 Å². The summed E-state index contributed by atoms with van der Waals surface area (Å²) in [6.45, 7) is 5.78. The van der Waals surface area contributed by atoms with Crippen molar-refractivity contribution in [3.05, 3.63) is 29.8 Å². The monoisotopic (exact) mass is 310 g/mol. The zero-order chi connectivity index (χ0) is 17.0. The number of alkyl halides is 3. The van der Waals surface area contributed by atoms with Crippen LogP contribution in [0.4, 0.5) is 13.2 Å². The fourth-order valence-electron chi connectivity index (χ4n) is 2.31. The van der Waals surface area contributed by atoms with E-state index >= 15 is 0 Å². The summed E-state index contributed by atoms with van der Waals surface area (Å²) in [5.41, 5.74) is -0.808. The van der Waals surface area contributed by atoms with E-state index in [2.05, 4.69) is 16.9 Å². The Morgan fingerprint density at radius 2 is 1.50 bits per heavy atom. The topological polar surface area (TPSA) is 56.8 Å². The van der Waals surface area contributed by atoms with Gasteiger partial charge in [-0.25, -0.2) is 0 Å². The number of hydrogen-bond donors (Lipinski definition) is 0. The molecule has 22 heavy (non-hydrogen) atoms. The van der Waals surface area contributed by atoms with E-state index in [0.29, 0.717) is 12.0 Å². The van der Waals surface area contributed by atoms with E-state index in [1.165, 1.54) is 24.3 Å². The Morgan fingerprint density at radius 1 is 1.00 bits per heavy atom. The van der Waals surface area contributed by atoms with E-state index in [4.69, 9.17) is 0 Å². The number of rotatable bonds is 4. The minimum Gasteiger partial charge on any atom is -0.406 e. The van der Waals surface area contributed by atoms with E-state index in [9.17, 15) is 23.7 Å². The summed E-state index contributed by atoms with van der Waals surface area (Å²) in [6, 6.07) is 9.34. The molecule has 118 valence electrons. The molecular formula is C16H17F3N2O. The van der Waals surface area contributed by atoms with Crippen LogP contribution in [0.3, 0.4) is 0 Å². The predicted octanol–water partition coefficient (Wildman–Crippen LogP) is 4.60. The predicted molar refractivity (Wildman–Crippen MR) is 74.6 cm³/mol. The van der Waals surface area contributed by atoms with Crippen LogP contribution in [-0.2, 0) is 6.42 Å². The molecule has 0 saturated heterocycles. The molecule has 1 aromatic carbocycles. The van der Waals surface area contributed by atoms with Gasteiger partial charge in [-0.05, 0) is 29.5 Å². The lowest BCUT2D eigenvalue weighted by Crippen LogP contribution is -2.26. The van der Waals surface area contributed by atoms with Crippen molar-refractivity contribution in [1.29, 1.82) is 10.5 Å². The highest BCUT2D eigenvalue weighted by atomic mass is 19.4. The Morgan fingerprint density at radius 3 is 1.86 bits per heavy atom. The van der Waals surface area contributed by atoms with E-state index in [-0.39, 0.29) is 17.6 Å². The quantitative estimate of drug-likeness (QED) is 0.816. The molecule has 1 aromatic rings. The lowest BCUT2D eigenvalue weighted by Gasteiger charge is -2.27. The molecule has 0 atom stereocenters. The molecule has 0 heterocycles. The van der Waals surface area contributed by atoms with Crippen LogP contribution in [0.15, 0.2) is 24.3 Å². The molecule has 0 aliphatic rings. The summed E-state index contributed by atoms with van der Waals surface area (Å²) < 4.78 is 40.1. The van der Waals surface area contributed by atoms with Crippen LogP contribution < -0.4 is 4.74 Å². The molecule has 0 radical (unpaired) electrons. The van der Waals surface area contributed by atoms with E-state index in [0.717, 1.165) is 0 Å². The van der Waals surface area contributed by atoms with E-state index in [1.54, 1.807) is 0 Å². The standard InChI is InChI=1S/C16H17F3N2O/c1-14(2,3)9-15(10-20,11-21)8-12-4-6-13(7-5-12)22-16(17,18)19/h4-7H,8-9H2,1-3H3. The third-order valence-electron chi connectivity index (χ3n) is 2.92. The molecule has 6 heteroatoms. The molecule has 0 unspecified atom stereocenters. The van der Waals surface area contributed by atoms with E-state index in [1.807, 2.05) is 20.8 Å². The number of nitriles is 2. The van der Waals surface area contributed by atoms with Gasteiger partial charge in [0.15, 0.2) is 0 Å². The second-order valence-corrected chi connectivity index (χ2v) is 6.41. The number of nitrogens with zero attached hydrogens (tertiary/aromatic N) is 2. The van der Waals surface area contributed by atoms with Gasteiger partial charge in [0.05, 0.1) is 12.1 Å². The molecule has 0 fully saturated rings. The fraction of sp³-hybridized carbons (Fsp3) is 0.500. The fourth-order valence-corrected chi connectivity index (χ4v) is 2.31. The van der Waals surface area contributed by atoms with Crippen LogP contribution in [0, 0.1) is 33.5 Å². The first-order valence-electron chi connectivity index (χ1n) is 6.66. The van der Waals surface area contributed by atoms with Gasteiger partial charge in [-0.3, -0.25) is 0 Å². The number of hydrogen-bond acceptors (Lipinski definition) is 3. The lowest BCUT2D eigenvalue weighted by molar-refractivity contribution is -0.274. The Balaban J connectivity index is 2.93. The molecule has 1 rings (SSSR count). The summed E-state index contributed by atoms with van der Waals surface area (Å²) in [4.78, 5) is 0. The molecule has 0 aliphatic carbocycles. The average Bonchev–Trinajstić information content (AvgIpc) is 2.37. The second kappa shape index (κ2) is 6.27. The van der Waals surface area contributed by atoms with Gasteiger partial charge in [0.2, 0.25) is 0 Å². The molecule has 0 aromatic heterocycles. The Kier molecular flexibility index (Phi) is 5.09. The molecule has 0 N–H and O–H groups in total. The van der Waals surface area contributed by atoms with Gasteiger partial charge in [-0.1, -0.05) is 32.9 Å². The summed E-state index contributed by atoms with van der Waals surface area (Å²) in [5, 5.41) is 18.7. The van der Waals surface area contributed by atoms with Crippen molar-refractivity contribution in [1.82, 2.24) is 0 Å². The van der Waals surface area contributed by atoms with Gasteiger partial charge in [-0.15, -0.1) is 13.2 Å². The maximum atomic E-state index is 12.1. The van der Waals surface area contributed by atoms with Crippen molar-refractivity contribution >= 4 is 0 Å². The Hall–Kier alpha value is -2.21. The van der Waals surface area contributed by atoms with Gasteiger partial charge in [0.25, 0.3) is 0 Å². The molecule has 0 amide bonds. The van der Waals surface area contributed by atoms with Gasteiger partial charge in [0, 0.05) is 6.42 Å². The first-order valence-corrected chi connectivity index (χ1v) is 6.66. The minimum atomic E-state index is -4.74. The highest BCUT2D eigenvalue weighted by Gasteiger charge is 2.35. The van der Waals surface area contributed by atoms with Crippen molar-refractivity contribution in [2.24, 2.45) is 10.8 Å². The number of ether oxygens (including phenoxy) is 1. The number of benzene rings is 1. The third-order valence-corrected chi connectivity index (χ3v) is 2.92. The molecular weight excluding hydrogens is 293 g/mol. The van der Waals surface area contributed by atoms with Crippen LogP contribution in [0.5, 0.6) is 5.75 Å².